The van der Waals surface area contributed by atoms with Crippen molar-refractivity contribution < 1.29 is 0 Å². The van der Waals surface area contributed by atoms with E-state index in [-0.39, 0.29) is 24.0 Å². The Kier molecular flexibility index (Phi) is 7.12. The topological polar surface area (TPSA) is 54.5 Å². The van der Waals surface area contributed by atoms with E-state index >= 15 is 0 Å². The number of aliphatic imine (C=N–C) groups is 1. The summed E-state index contributed by atoms with van der Waals surface area (Å²) in [5, 5.41) is 0. The van der Waals surface area contributed by atoms with Gasteiger partial charge in [-0.1, -0.05) is 13.0 Å². The van der Waals surface area contributed by atoms with Gasteiger partial charge in [0.25, 0.3) is 0 Å². The monoisotopic (exact) mass is 374 g/mol. The van der Waals surface area contributed by atoms with Gasteiger partial charge in [-0.15, -0.1) is 24.0 Å². The molecule has 19 heavy (non-hydrogen) atoms. The van der Waals surface area contributed by atoms with Gasteiger partial charge in [-0.25, -0.2) is 0 Å². The Bertz CT molecular complexity index is 394. The normalized spacial score (nSPS) is 19.9. The van der Waals surface area contributed by atoms with Crippen LogP contribution in [0.25, 0.3) is 0 Å². The standard InChI is InChI=1S/C14H22N4.HI/c1-12-4-3-9-18(11-12)14(15)17-8-6-13-5-2-7-16-10-13;/h2,5,7,10,12H,3-4,6,8-9,11H2,1H3,(H2,15,17);1H. The molecular formula is C14H23IN4. The van der Waals surface area contributed by atoms with Crippen molar-refractivity contribution in [2.24, 2.45) is 16.6 Å². The lowest BCUT2D eigenvalue weighted by Gasteiger charge is -2.31. The molecule has 0 bridgehead atoms. The van der Waals surface area contributed by atoms with E-state index in [1.54, 1.807) is 6.20 Å². The van der Waals surface area contributed by atoms with Crippen LogP contribution in [0.4, 0.5) is 0 Å². The van der Waals surface area contributed by atoms with Gasteiger partial charge in [0.2, 0.25) is 0 Å². The summed E-state index contributed by atoms with van der Waals surface area (Å²) >= 11 is 0. The minimum atomic E-state index is 0. The lowest BCUT2D eigenvalue weighted by atomic mass is 10.0. The molecule has 2 heterocycles. The van der Waals surface area contributed by atoms with Gasteiger partial charge in [0.05, 0.1) is 0 Å². The highest BCUT2D eigenvalue weighted by molar-refractivity contribution is 14.0. The minimum Gasteiger partial charge on any atom is -0.370 e. The molecule has 1 saturated heterocycles. The zero-order chi connectivity index (χ0) is 12.8. The van der Waals surface area contributed by atoms with Crippen molar-refractivity contribution in [3.05, 3.63) is 30.1 Å². The van der Waals surface area contributed by atoms with E-state index in [1.807, 2.05) is 12.3 Å². The molecule has 2 N–H and O–H groups in total. The molecule has 1 atom stereocenters. The Hall–Kier alpha value is -0.850. The molecule has 0 radical (unpaired) electrons. The van der Waals surface area contributed by atoms with E-state index in [4.69, 9.17) is 5.73 Å². The number of aromatic nitrogens is 1. The first kappa shape index (κ1) is 16.2. The second-order valence-corrected chi connectivity index (χ2v) is 5.04. The van der Waals surface area contributed by atoms with Gasteiger partial charge in [-0.2, -0.15) is 0 Å². The number of hydrogen-bond acceptors (Lipinski definition) is 2. The van der Waals surface area contributed by atoms with Gasteiger partial charge in [-0.3, -0.25) is 9.98 Å². The maximum Gasteiger partial charge on any atom is 0.191 e. The number of guanidine groups is 1. The summed E-state index contributed by atoms with van der Waals surface area (Å²) in [4.78, 5) is 10.8. The van der Waals surface area contributed by atoms with Crippen molar-refractivity contribution >= 4 is 29.9 Å². The molecule has 2 rings (SSSR count). The first-order chi connectivity index (χ1) is 8.75. The fraction of sp³-hybridized carbons (Fsp3) is 0.571. The quantitative estimate of drug-likeness (QED) is 0.502. The van der Waals surface area contributed by atoms with Crippen molar-refractivity contribution in [2.75, 3.05) is 19.6 Å². The Morgan fingerprint density at radius 1 is 1.58 bits per heavy atom. The third kappa shape index (κ3) is 5.34. The highest BCUT2D eigenvalue weighted by atomic mass is 127. The molecule has 1 aromatic heterocycles. The maximum atomic E-state index is 6.04. The summed E-state index contributed by atoms with van der Waals surface area (Å²) in [7, 11) is 0. The van der Waals surface area contributed by atoms with Crippen LogP contribution < -0.4 is 5.73 Å². The minimum absolute atomic E-state index is 0. The average Bonchev–Trinajstić information content (AvgIpc) is 2.40. The van der Waals surface area contributed by atoms with E-state index in [9.17, 15) is 0 Å². The van der Waals surface area contributed by atoms with Crippen LogP contribution >= 0.6 is 24.0 Å². The SMILES string of the molecule is CC1CCCN(C(N)=NCCc2cccnc2)C1.I. The summed E-state index contributed by atoms with van der Waals surface area (Å²) in [6, 6.07) is 4.02. The van der Waals surface area contributed by atoms with E-state index < -0.39 is 0 Å². The van der Waals surface area contributed by atoms with Gasteiger partial charge in [0.1, 0.15) is 0 Å². The molecule has 1 aliphatic rings. The molecule has 0 aliphatic carbocycles. The van der Waals surface area contributed by atoms with Crippen molar-refractivity contribution in [3.63, 3.8) is 0 Å². The summed E-state index contributed by atoms with van der Waals surface area (Å²) < 4.78 is 0. The van der Waals surface area contributed by atoms with Gasteiger partial charge in [0, 0.05) is 32.0 Å². The van der Waals surface area contributed by atoms with Crippen molar-refractivity contribution in [1.29, 1.82) is 0 Å². The first-order valence-corrected chi connectivity index (χ1v) is 6.69. The van der Waals surface area contributed by atoms with Gasteiger partial charge < -0.3 is 10.6 Å². The molecule has 106 valence electrons. The number of nitrogens with zero attached hydrogens (tertiary/aromatic N) is 3. The molecule has 0 aromatic carbocycles. The fourth-order valence-electron chi connectivity index (χ4n) is 2.34. The summed E-state index contributed by atoms with van der Waals surface area (Å²) in [6.45, 7) is 5.10. The van der Waals surface area contributed by atoms with Crippen LogP contribution in [-0.4, -0.2) is 35.5 Å². The van der Waals surface area contributed by atoms with Crippen LogP contribution in [0.15, 0.2) is 29.5 Å². The van der Waals surface area contributed by atoms with Crippen LogP contribution in [0.3, 0.4) is 0 Å². The molecule has 1 aromatic rings. The molecule has 0 amide bonds. The van der Waals surface area contributed by atoms with Crippen LogP contribution in [-0.2, 0) is 6.42 Å². The lowest BCUT2D eigenvalue weighted by Crippen LogP contribution is -2.43. The van der Waals surface area contributed by atoms with E-state index in [1.165, 1.54) is 18.4 Å². The predicted octanol–water partition coefficient (Wildman–Crippen LogP) is 2.29. The van der Waals surface area contributed by atoms with Crippen LogP contribution in [0.1, 0.15) is 25.3 Å². The van der Waals surface area contributed by atoms with Crippen LogP contribution in [0.2, 0.25) is 0 Å². The van der Waals surface area contributed by atoms with E-state index in [0.717, 1.165) is 32.0 Å². The smallest absolute Gasteiger partial charge is 0.191 e. The number of nitrogens with two attached hydrogens (primary N) is 1. The number of pyridine rings is 1. The Balaban J connectivity index is 0.00000180. The Labute approximate surface area is 132 Å². The number of halogens is 1. The second-order valence-electron chi connectivity index (χ2n) is 5.04. The number of piperidine rings is 1. The zero-order valence-corrected chi connectivity index (χ0v) is 13.8. The molecule has 1 fully saturated rings. The van der Waals surface area contributed by atoms with Crippen LogP contribution in [0.5, 0.6) is 0 Å². The van der Waals surface area contributed by atoms with Crippen molar-refractivity contribution in [2.45, 2.75) is 26.2 Å². The first-order valence-electron chi connectivity index (χ1n) is 6.69. The van der Waals surface area contributed by atoms with Crippen molar-refractivity contribution in [3.8, 4) is 0 Å². The average molecular weight is 374 g/mol. The van der Waals surface area contributed by atoms with E-state index in [2.05, 4.69) is 27.9 Å². The van der Waals surface area contributed by atoms with Gasteiger partial charge in [-0.05, 0) is 36.8 Å². The number of rotatable bonds is 3. The van der Waals surface area contributed by atoms with Gasteiger partial charge >= 0.3 is 0 Å². The summed E-state index contributed by atoms with van der Waals surface area (Å²) in [5.41, 5.74) is 7.24. The molecule has 1 aliphatic heterocycles. The largest absolute Gasteiger partial charge is 0.370 e. The summed E-state index contributed by atoms with van der Waals surface area (Å²) in [6.07, 6.45) is 7.10. The third-order valence-electron chi connectivity index (χ3n) is 3.38. The Morgan fingerprint density at radius 3 is 3.11 bits per heavy atom. The fourth-order valence-corrected chi connectivity index (χ4v) is 2.34. The molecule has 1 unspecified atom stereocenters. The van der Waals surface area contributed by atoms with E-state index in [0.29, 0.717) is 5.96 Å². The van der Waals surface area contributed by atoms with Crippen molar-refractivity contribution in [1.82, 2.24) is 9.88 Å². The molecule has 5 heteroatoms. The zero-order valence-electron chi connectivity index (χ0n) is 11.5. The maximum absolute atomic E-state index is 6.04. The highest BCUT2D eigenvalue weighted by Gasteiger charge is 2.17. The number of likely N-dealkylation sites (tertiary alicyclic amines) is 1. The second kappa shape index (κ2) is 8.35. The summed E-state index contributed by atoms with van der Waals surface area (Å²) in [5.74, 6) is 1.43. The predicted molar refractivity (Wildman–Crippen MR) is 89.8 cm³/mol. The highest BCUT2D eigenvalue weighted by Crippen LogP contribution is 2.14. The lowest BCUT2D eigenvalue weighted by molar-refractivity contribution is 0.270. The molecule has 0 spiro atoms. The molecule has 4 nitrogen and oxygen atoms in total. The third-order valence-corrected chi connectivity index (χ3v) is 3.38. The number of hydrogen-bond donors (Lipinski definition) is 1. The Morgan fingerprint density at radius 2 is 2.42 bits per heavy atom. The van der Waals surface area contributed by atoms with Gasteiger partial charge in [0.15, 0.2) is 5.96 Å². The molecule has 0 saturated carbocycles. The molecular weight excluding hydrogens is 351 g/mol. The van der Waals surface area contributed by atoms with Crippen LogP contribution in [0, 0.1) is 5.92 Å².